The second-order valence-corrected chi connectivity index (χ2v) is 6.63. The van der Waals surface area contributed by atoms with Crippen molar-refractivity contribution in [1.82, 2.24) is 15.0 Å². The molecule has 130 valence electrons. The molecule has 4 rings (SSSR count). The maximum atomic E-state index is 11.0. The van der Waals surface area contributed by atoms with Crippen LogP contribution >= 0.6 is 0 Å². The molecule has 3 heterocycles. The van der Waals surface area contributed by atoms with E-state index in [4.69, 9.17) is 9.72 Å². The van der Waals surface area contributed by atoms with E-state index in [1.807, 2.05) is 42.6 Å². The van der Waals surface area contributed by atoms with Crippen LogP contribution in [0.25, 0.3) is 11.0 Å². The minimum atomic E-state index is -0.764. The Morgan fingerprint density at radius 3 is 2.76 bits per heavy atom. The van der Waals surface area contributed by atoms with Crippen molar-refractivity contribution in [2.75, 3.05) is 24.7 Å². The Balaban J connectivity index is 1.64. The van der Waals surface area contributed by atoms with Crippen molar-refractivity contribution in [3.63, 3.8) is 0 Å². The van der Waals surface area contributed by atoms with Gasteiger partial charge in [-0.15, -0.1) is 0 Å². The van der Waals surface area contributed by atoms with Crippen molar-refractivity contribution in [3.05, 3.63) is 54.4 Å². The monoisotopic (exact) mass is 338 g/mol. The highest BCUT2D eigenvalue weighted by Gasteiger charge is 2.33. The van der Waals surface area contributed by atoms with Gasteiger partial charge in [-0.1, -0.05) is 18.2 Å². The van der Waals surface area contributed by atoms with Gasteiger partial charge in [0.25, 0.3) is 0 Å². The molecule has 0 aliphatic carbocycles. The highest BCUT2D eigenvalue weighted by atomic mass is 16.5. The highest BCUT2D eigenvalue weighted by Crippen LogP contribution is 2.26. The molecule has 1 fully saturated rings. The van der Waals surface area contributed by atoms with Crippen LogP contribution in [-0.4, -0.2) is 45.4 Å². The van der Waals surface area contributed by atoms with E-state index in [2.05, 4.69) is 14.9 Å². The van der Waals surface area contributed by atoms with Gasteiger partial charge in [-0.2, -0.15) is 0 Å². The summed E-state index contributed by atoms with van der Waals surface area (Å²) in [6.45, 7) is 2.33. The number of imidazole rings is 1. The van der Waals surface area contributed by atoms with Gasteiger partial charge < -0.3 is 19.7 Å². The zero-order chi connectivity index (χ0) is 17.1. The predicted molar refractivity (Wildman–Crippen MR) is 96.4 cm³/mol. The molecule has 0 saturated carbocycles. The van der Waals surface area contributed by atoms with Gasteiger partial charge in [-0.05, 0) is 23.8 Å². The molecule has 1 aromatic carbocycles. The third kappa shape index (κ3) is 3.65. The molecule has 0 bridgehead atoms. The molecule has 3 aromatic rings. The normalized spacial score (nSPS) is 16.8. The fourth-order valence-electron chi connectivity index (χ4n) is 3.27. The number of hydrogen-bond donors (Lipinski definition) is 2. The van der Waals surface area contributed by atoms with Gasteiger partial charge in [-0.25, -0.2) is 4.98 Å². The molecule has 1 aliphatic rings. The summed E-state index contributed by atoms with van der Waals surface area (Å²) < 4.78 is 5.41. The number of benzene rings is 1. The Morgan fingerprint density at radius 1 is 1.16 bits per heavy atom. The van der Waals surface area contributed by atoms with E-state index in [9.17, 15) is 5.11 Å². The average Bonchev–Trinajstić information content (AvgIpc) is 3.07. The summed E-state index contributed by atoms with van der Waals surface area (Å²) in [6.07, 6.45) is 4.89. The second kappa shape index (κ2) is 6.82. The Morgan fingerprint density at radius 2 is 2.00 bits per heavy atom. The summed E-state index contributed by atoms with van der Waals surface area (Å²) in [4.78, 5) is 14.4. The second-order valence-electron chi connectivity index (χ2n) is 6.63. The van der Waals surface area contributed by atoms with Crippen molar-refractivity contribution in [1.29, 1.82) is 0 Å². The molecule has 0 unspecified atom stereocenters. The number of pyridine rings is 1. The first-order valence-corrected chi connectivity index (χ1v) is 8.61. The van der Waals surface area contributed by atoms with Gasteiger partial charge in [0.15, 0.2) is 0 Å². The lowest BCUT2D eigenvalue weighted by Crippen LogP contribution is -2.47. The number of aliphatic hydroxyl groups is 1. The molecule has 0 radical (unpaired) electrons. The highest BCUT2D eigenvalue weighted by molar-refractivity contribution is 5.77. The van der Waals surface area contributed by atoms with Crippen molar-refractivity contribution < 1.29 is 9.84 Å². The third-order valence-electron chi connectivity index (χ3n) is 4.68. The van der Waals surface area contributed by atoms with Crippen molar-refractivity contribution >= 4 is 17.0 Å². The van der Waals surface area contributed by atoms with E-state index >= 15 is 0 Å². The Labute approximate surface area is 146 Å². The minimum Gasteiger partial charge on any atom is -0.388 e. The number of H-pyrrole nitrogens is 1. The largest absolute Gasteiger partial charge is 0.388 e. The summed E-state index contributed by atoms with van der Waals surface area (Å²) in [7, 11) is 0. The Bertz CT molecular complexity index is 795. The first-order valence-electron chi connectivity index (χ1n) is 8.61. The number of aromatic nitrogens is 3. The molecule has 0 spiro atoms. The fraction of sp³-hybridized carbons (Fsp3) is 0.368. The molecule has 0 amide bonds. The SMILES string of the molecule is OC1(CN(Cc2cccnc2)c2nc3ccccc3[nH]2)CCOCC1. The summed E-state index contributed by atoms with van der Waals surface area (Å²) in [5.41, 5.74) is 2.23. The molecule has 1 aliphatic heterocycles. The Kier molecular flexibility index (Phi) is 4.38. The van der Waals surface area contributed by atoms with Crippen LogP contribution in [0.15, 0.2) is 48.8 Å². The number of ether oxygens (including phenoxy) is 1. The lowest BCUT2D eigenvalue weighted by Gasteiger charge is -2.36. The molecule has 6 heteroatoms. The number of aromatic amines is 1. The number of rotatable bonds is 5. The molecular formula is C19H22N4O2. The average molecular weight is 338 g/mol. The van der Waals surface area contributed by atoms with Gasteiger partial charge in [0.05, 0.1) is 23.2 Å². The van der Waals surface area contributed by atoms with E-state index < -0.39 is 5.60 Å². The zero-order valence-electron chi connectivity index (χ0n) is 14.1. The maximum absolute atomic E-state index is 11.0. The topological polar surface area (TPSA) is 74.3 Å². The van der Waals surface area contributed by atoms with E-state index in [1.165, 1.54) is 0 Å². The van der Waals surface area contributed by atoms with E-state index in [1.54, 1.807) is 6.20 Å². The Hall–Kier alpha value is -2.44. The van der Waals surface area contributed by atoms with E-state index in [0.717, 1.165) is 22.5 Å². The van der Waals surface area contributed by atoms with Crippen LogP contribution in [0.4, 0.5) is 5.95 Å². The van der Waals surface area contributed by atoms with Crippen LogP contribution in [0.3, 0.4) is 0 Å². The van der Waals surface area contributed by atoms with Gasteiger partial charge in [0, 0.05) is 45.0 Å². The summed E-state index contributed by atoms with van der Waals surface area (Å²) >= 11 is 0. The number of nitrogens with one attached hydrogen (secondary N) is 1. The number of fused-ring (bicyclic) bond motifs is 1. The molecule has 2 N–H and O–H groups in total. The molecule has 1 saturated heterocycles. The lowest BCUT2D eigenvalue weighted by molar-refractivity contribution is -0.0580. The lowest BCUT2D eigenvalue weighted by atomic mass is 9.93. The van der Waals surface area contributed by atoms with Gasteiger partial charge in [0.2, 0.25) is 5.95 Å². The van der Waals surface area contributed by atoms with Crippen LogP contribution in [0.2, 0.25) is 0 Å². The summed E-state index contributed by atoms with van der Waals surface area (Å²) in [6, 6.07) is 11.9. The quantitative estimate of drug-likeness (QED) is 0.748. The predicted octanol–water partition coefficient (Wildman–Crippen LogP) is 2.51. The van der Waals surface area contributed by atoms with Crippen LogP contribution in [0.5, 0.6) is 0 Å². The summed E-state index contributed by atoms with van der Waals surface area (Å²) in [5.74, 6) is 0.768. The zero-order valence-corrected chi connectivity index (χ0v) is 14.1. The standard InChI is InChI=1S/C19H22N4O2/c24-19(7-10-25-11-8-19)14-23(13-15-4-3-9-20-12-15)18-21-16-5-1-2-6-17(16)22-18/h1-6,9,12,24H,7-8,10-11,13-14H2,(H,21,22). The minimum absolute atomic E-state index is 0.505. The number of hydrogen-bond acceptors (Lipinski definition) is 5. The molecular weight excluding hydrogens is 316 g/mol. The van der Waals surface area contributed by atoms with E-state index in [-0.39, 0.29) is 0 Å². The van der Waals surface area contributed by atoms with Crippen molar-refractivity contribution in [2.24, 2.45) is 0 Å². The smallest absolute Gasteiger partial charge is 0.204 e. The fourth-order valence-corrected chi connectivity index (χ4v) is 3.27. The summed E-state index contributed by atoms with van der Waals surface area (Å²) in [5, 5.41) is 11.0. The first kappa shape index (κ1) is 16.1. The van der Waals surface area contributed by atoms with Crippen LogP contribution in [0.1, 0.15) is 18.4 Å². The van der Waals surface area contributed by atoms with Crippen molar-refractivity contribution in [2.45, 2.75) is 25.0 Å². The molecule has 2 aromatic heterocycles. The maximum Gasteiger partial charge on any atom is 0.204 e. The van der Waals surface area contributed by atoms with E-state index in [0.29, 0.717) is 39.1 Å². The van der Waals surface area contributed by atoms with Gasteiger partial charge >= 0.3 is 0 Å². The van der Waals surface area contributed by atoms with Crippen LogP contribution in [0, 0.1) is 0 Å². The van der Waals surface area contributed by atoms with Gasteiger partial charge in [0.1, 0.15) is 0 Å². The number of anilines is 1. The molecule has 6 nitrogen and oxygen atoms in total. The number of para-hydroxylation sites is 2. The van der Waals surface area contributed by atoms with Crippen LogP contribution in [-0.2, 0) is 11.3 Å². The molecule has 0 atom stereocenters. The first-order chi connectivity index (χ1) is 12.2. The van der Waals surface area contributed by atoms with Gasteiger partial charge in [-0.3, -0.25) is 4.98 Å². The number of nitrogens with zero attached hydrogens (tertiary/aromatic N) is 3. The molecule has 25 heavy (non-hydrogen) atoms. The van der Waals surface area contributed by atoms with Crippen molar-refractivity contribution in [3.8, 4) is 0 Å². The third-order valence-corrected chi connectivity index (χ3v) is 4.68. The van der Waals surface area contributed by atoms with Crippen LogP contribution < -0.4 is 4.90 Å².